The van der Waals surface area contributed by atoms with Gasteiger partial charge in [0.25, 0.3) is 0 Å². The van der Waals surface area contributed by atoms with Gasteiger partial charge in [-0.05, 0) is 24.0 Å². The molecule has 4 nitrogen and oxygen atoms in total. The number of sulfonamides is 1. The first-order valence-corrected chi connectivity index (χ1v) is 6.83. The molecule has 0 saturated heterocycles. The van der Waals surface area contributed by atoms with Gasteiger partial charge in [0.05, 0.1) is 4.90 Å². The zero-order valence-electron chi connectivity index (χ0n) is 9.18. The molecule has 1 saturated carbocycles. The second-order valence-corrected chi connectivity index (χ2v) is 5.94. The Labute approximate surface area is 95.9 Å². The fourth-order valence-electron chi connectivity index (χ4n) is 1.68. The Balaban J connectivity index is 2.28. The summed E-state index contributed by atoms with van der Waals surface area (Å²) in [6.45, 7) is 2.26. The van der Waals surface area contributed by atoms with Crippen LogP contribution >= 0.6 is 0 Å². The summed E-state index contributed by atoms with van der Waals surface area (Å²) in [6, 6.07) is 6.93. The number of hydrogen-bond acceptors (Lipinski definition) is 3. The Kier molecular flexibility index (Phi) is 3.01. The molecule has 2 unspecified atom stereocenters. The van der Waals surface area contributed by atoms with E-state index in [1.54, 1.807) is 24.3 Å². The van der Waals surface area contributed by atoms with Crippen molar-refractivity contribution in [2.75, 3.05) is 0 Å². The van der Waals surface area contributed by atoms with Crippen molar-refractivity contribution in [3.8, 4) is 0 Å². The van der Waals surface area contributed by atoms with Gasteiger partial charge in [0.2, 0.25) is 10.0 Å². The van der Waals surface area contributed by atoms with Gasteiger partial charge in [0.15, 0.2) is 0 Å². The largest absolute Gasteiger partial charge is 0.326 e. The highest BCUT2D eigenvalue weighted by Gasteiger charge is 2.36. The van der Waals surface area contributed by atoms with E-state index in [0.29, 0.717) is 16.4 Å². The van der Waals surface area contributed by atoms with Crippen molar-refractivity contribution in [3.63, 3.8) is 0 Å². The van der Waals surface area contributed by atoms with Crippen LogP contribution in [0, 0.1) is 5.92 Å². The third-order valence-electron chi connectivity index (χ3n) is 2.90. The molecule has 1 fully saturated rings. The van der Waals surface area contributed by atoms with Crippen LogP contribution in [0.4, 0.5) is 0 Å². The average Bonchev–Trinajstić information content (AvgIpc) is 2.93. The van der Waals surface area contributed by atoms with Gasteiger partial charge in [0, 0.05) is 12.6 Å². The first-order valence-electron chi connectivity index (χ1n) is 5.35. The number of hydrogen-bond donors (Lipinski definition) is 2. The van der Waals surface area contributed by atoms with Crippen molar-refractivity contribution < 1.29 is 8.42 Å². The van der Waals surface area contributed by atoms with E-state index in [2.05, 4.69) is 4.72 Å². The lowest BCUT2D eigenvalue weighted by atomic mass is 10.2. The predicted molar refractivity (Wildman–Crippen MR) is 62.2 cm³/mol. The fraction of sp³-hybridized carbons (Fsp3) is 0.455. The first-order chi connectivity index (χ1) is 7.54. The number of benzene rings is 1. The van der Waals surface area contributed by atoms with Crippen LogP contribution in [0.25, 0.3) is 0 Å². The van der Waals surface area contributed by atoms with Gasteiger partial charge < -0.3 is 5.73 Å². The lowest BCUT2D eigenvalue weighted by Gasteiger charge is -2.09. The molecule has 1 aromatic carbocycles. The van der Waals surface area contributed by atoms with E-state index in [1.165, 1.54) is 0 Å². The summed E-state index contributed by atoms with van der Waals surface area (Å²) in [7, 11) is -3.40. The normalized spacial score (nSPS) is 24.4. The highest BCUT2D eigenvalue weighted by molar-refractivity contribution is 7.89. The molecule has 0 radical (unpaired) electrons. The maximum Gasteiger partial charge on any atom is 0.241 e. The van der Waals surface area contributed by atoms with Crippen molar-refractivity contribution in [3.05, 3.63) is 29.8 Å². The molecule has 3 N–H and O–H groups in total. The summed E-state index contributed by atoms with van der Waals surface area (Å²) < 4.78 is 26.8. The van der Waals surface area contributed by atoms with Crippen LogP contribution in [0.2, 0.25) is 0 Å². The van der Waals surface area contributed by atoms with Gasteiger partial charge >= 0.3 is 0 Å². The number of nitrogens with two attached hydrogens (primary N) is 1. The number of nitrogens with one attached hydrogen (secondary N) is 1. The van der Waals surface area contributed by atoms with Gasteiger partial charge in [0.1, 0.15) is 0 Å². The topological polar surface area (TPSA) is 72.2 Å². The van der Waals surface area contributed by atoms with Crippen LogP contribution in [0.15, 0.2) is 29.2 Å². The van der Waals surface area contributed by atoms with E-state index in [9.17, 15) is 8.42 Å². The molecule has 2 atom stereocenters. The lowest BCUT2D eigenvalue weighted by molar-refractivity contribution is 0.577. The maximum atomic E-state index is 12.0. The summed E-state index contributed by atoms with van der Waals surface area (Å²) >= 11 is 0. The Morgan fingerprint density at radius 2 is 2.06 bits per heavy atom. The monoisotopic (exact) mass is 240 g/mol. The van der Waals surface area contributed by atoms with Crippen molar-refractivity contribution >= 4 is 10.0 Å². The minimum Gasteiger partial charge on any atom is -0.326 e. The maximum absolute atomic E-state index is 12.0. The zero-order valence-corrected chi connectivity index (χ0v) is 10.00. The van der Waals surface area contributed by atoms with Gasteiger partial charge in [-0.3, -0.25) is 0 Å². The summed E-state index contributed by atoms with van der Waals surface area (Å²) in [5.74, 6) is 0.444. The minimum absolute atomic E-state index is 0.0934. The summed E-state index contributed by atoms with van der Waals surface area (Å²) in [5.41, 5.74) is 6.18. The molecular formula is C11H16N2O2S. The third kappa shape index (κ3) is 2.26. The lowest BCUT2D eigenvalue weighted by Crippen LogP contribution is -2.28. The van der Waals surface area contributed by atoms with Crippen LogP contribution in [0.5, 0.6) is 0 Å². The quantitative estimate of drug-likeness (QED) is 0.819. The highest BCUT2D eigenvalue weighted by atomic mass is 32.2. The molecule has 0 aromatic heterocycles. The van der Waals surface area contributed by atoms with Crippen molar-refractivity contribution in [2.45, 2.75) is 30.8 Å². The van der Waals surface area contributed by atoms with Crippen molar-refractivity contribution in [1.29, 1.82) is 0 Å². The zero-order chi connectivity index (χ0) is 11.8. The summed E-state index contributed by atoms with van der Waals surface area (Å²) in [6.07, 6.45) is 0.921. The second kappa shape index (κ2) is 4.16. The molecule has 2 rings (SSSR count). The fourth-order valence-corrected chi connectivity index (χ4v) is 3.29. The van der Waals surface area contributed by atoms with Crippen LogP contribution in [-0.4, -0.2) is 14.5 Å². The van der Waals surface area contributed by atoms with E-state index < -0.39 is 10.0 Å². The van der Waals surface area contributed by atoms with Crippen LogP contribution in [-0.2, 0) is 16.6 Å². The number of rotatable bonds is 4. The highest BCUT2D eigenvalue weighted by Crippen LogP contribution is 2.31. The third-order valence-corrected chi connectivity index (χ3v) is 4.49. The standard InChI is InChI=1S/C11H16N2O2S/c1-8-6-10(8)13-16(14,15)11-5-3-2-4-9(11)7-12/h2-5,8,10,13H,6-7,12H2,1H3. The van der Waals surface area contributed by atoms with Gasteiger partial charge in [-0.25, -0.2) is 13.1 Å². The summed E-state index contributed by atoms with van der Waals surface area (Å²) in [4.78, 5) is 0.302. The SMILES string of the molecule is CC1CC1NS(=O)(=O)c1ccccc1CN. The molecule has 1 aliphatic rings. The predicted octanol–water partition coefficient (Wildman–Crippen LogP) is 0.832. The first kappa shape index (κ1) is 11.6. The van der Waals surface area contributed by atoms with Crippen LogP contribution in [0.3, 0.4) is 0 Å². The van der Waals surface area contributed by atoms with E-state index in [4.69, 9.17) is 5.73 Å². The molecule has 1 aromatic rings. The Morgan fingerprint density at radius 1 is 1.44 bits per heavy atom. The molecule has 0 spiro atoms. The molecule has 88 valence electrons. The molecule has 0 aliphatic heterocycles. The van der Waals surface area contributed by atoms with E-state index in [0.717, 1.165) is 6.42 Å². The van der Waals surface area contributed by atoms with E-state index in [-0.39, 0.29) is 12.6 Å². The Hall–Kier alpha value is -0.910. The van der Waals surface area contributed by atoms with Crippen LogP contribution < -0.4 is 10.5 Å². The smallest absolute Gasteiger partial charge is 0.241 e. The Morgan fingerprint density at radius 3 is 2.62 bits per heavy atom. The molecule has 0 bridgehead atoms. The van der Waals surface area contributed by atoms with Crippen molar-refractivity contribution in [1.82, 2.24) is 4.72 Å². The molecule has 1 aliphatic carbocycles. The van der Waals surface area contributed by atoms with Crippen LogP contribution in [0.1, 0.15) is 18.9 Å². The molecule has 0 heterocycles. The van der Waals surface area contributed by atoms with Gasteiger partial charge in [-0.15, -0.1) is 0 Å². The molecule has 16 heavy (non-hydrogen) atoms. The van der Waals surface area contributed by atoms with E-state index >= 15 is 0 Å². The second-order valence-electron chi connectivity index (χ2n) is 4.25. The Bertz CT molecular complexity index is 485. The van der Waals surface area contributed by atoms with Crippen molar-refractivity contribution in [2.24, 2.45) is 11.7 Å². The van der Waals surface area contributed by atoms with Gasteiger partial charge in [-0.2, -0.15) is 0 Å². The summed E-state index contributed by atoms with van der Waals surface area (Å²) in [5, 5.41) is 0. The average molecular weight is 240 g/mol. The van der Waals surface area contributed by atoms with Gasteiger partial charge in [-0.1, -0.05) is 25.1 Å². The minimum atomic E-state index is -3.40. The molecule has 0 amide bonds. The molecule has 5 heteroatoms. The van der Waals surface area contributed by atoms with E-state index in [1.807, 2.05) is 6.92 Å². The molecular weight excluding hydrogens is 224 g/mol.